The van der Waals surface area contributed by atoms with Crippen molar-refractivity contribution in [2.24, 2.45) is 11.7 Å². The van der Waals surface area contributed by atoms with Crippen molar-refractivity contribution in [2.75, 3.05) is 6.61 Å². The Morgan fingerprint density at radius 3 is 1.97 bits per heavy atom. The molecule has 3 unspecified atom stereocenters. The molecule has 0 rings (SSSR count). The van der Waals surface area contributed by atoms with E-state index in [1.165, 1.54) is 0 Å². The molecule has 168 valence electrons. The van der Waals surface area contributed by atoms with Crippen LogP contribution >= 0.6 is 0 Å². The third-order valence-corrected chi connectivity index (χ3v) is 4.91. The number of nitrogens with one attached hydrogen (secondary N) is 2. The van der Waals surface area contributed by atoms with Gasteiger partial charge in [-0.2, -0.15) is 0 Å². The molecule has 0 aromatic rings. The fraction of sp³-hybridized carbons (Fsp3) is 0.800. The second-order valence-corrected chi connectivity index (χ2v) is 7.44. The Bertz CT molecular complexity index is 526. The van der Waals surface area contributed by atoms with Crippen molar-refractivity contribution >= 4 is 23.7 Å². The zero-order valence-electron chi connectivity index (χ0n) is 17.6. The summed E-state index contributed by atoms with van der Waals surface area (Å²) in [6.07, 6.45) is 6.92. The minimum Gasteiger partial charge on any atom is -0.481 e. The number of carbonyl (C=O) groups is 4. The Morgan fingerprint density at radius 2 is 1.48 bits per heavy atom. The molecule has 0 aromatic heterocycles. The number of nitrogens with two attached hydrogens (primary N) is 1. The summed E-state index contributed by atoms with van der Waals surface area (Å²) in [5.41, 5.74) is 5.16. The quantitative estimate of drug-likeness (QED) is 0.223. The third-order valence-electron chi connectivity index (χ3n) is 4.91. The van der Waals surface area contributed by atoms with Gasteiger partial charge in [-0.1, -0.05) is 52.4 Å². The van der Waals surface area contributed by atoms with Crippen LogP contribution in [0.2, 0.25) is 0 Å². The van der Waals surface area contributed by atoms with E-state index < -0.39 is 36.3 Å². The number of hydrogen-bond acceptors (Lipinski definition) is 5. The lowest BCUT2D eigenvalue weighted by atomic mass is 9.97. The second-order valence-electron chi connectivity index (χ2n) is 7.44. The van der Waals surface area contributed by atoms with Gasteiger partial charge in [0.25, 0.3) is 0 Å². The minimum atomic E-state index is -1.32. The summed E-state index contributed by atoms with van der Waals surface area (Å²) in [5, 5.41) is 22.6. The minimum absolute atomic E-state index is 0.191. The van der Waals surface area contributed by atoms with Crippen molar-refractivity contribution in [2.45, 2.75) is 90.1 Å². The number of hydrogen-bond donors (Lipinski definition) is 5. The van der Waals surface area contributed by atoms with Gasteiger partial charge in [-0.3, -0.25) is 19.2 Å². The average molecular weight is 416 g/mol. The standard InChI is InChI=1S/C20H37N3O6/c1-3-14(2)18(20(29)22-15(19(21)28)13-17(26)27)23-16(25)11-9-7-5-4-6-8-10-12-24/h14-15,18,24H,3-13H2,1-2H3,(H2,21,28)(H,22,29)(H,23,25)(H,26,27). The molecule has 0 aliphatic carbocycles. The highest BCUT2D eigenvalue weighted by molar-refractivity contribution is 5.93. The predicted molar refractivity (Wildman–Crippen MR) is 109 cm³/mol. The molecule has 3 atom stereocenters. The van der Waals surface area contributed by atoms with Crippen LogP contribution in [0.3, 0.4) is 0 Å². The topological polar surface area (TPSA) is 159 Å². The number of primary amides is 1. The molecule has 0 bridgehead atoms. The van der Waals surface area contributed by atoms with Crippen molar-refractivity contribution in [3.8, 4) is 0 Å². The smallest absolute Gasteiger partial charge is 0.305 e. The van der Waals surface area contributed by atoms with Crippen LogP contribution < -0.4 is 16.4 Å². The first-order valence-electron chi connectivity index (χ1n) is 10.4. The highest BCUT2D eigenvalue weighted by Crippen LogP contribution is 2.11. The van der Waals surface area contributed by atoms with E-state index >= 15 is 0 Å². The van der Waals surface area contributed by atoms with Crippen molar-refractivity contribution in [3.63, 3.8) is 0 Å². The summed E-state index contributed by atoms with van der Waals surface area (Å²) >= 11 is 0. The zero-order chi connectivity index (χ0) is 22.2. The molecule has 0 fully saturated rings. The Kier molecular flexibility index (Phi) is 14.6. The van der Waals surface area contributed by atoms with Crippen molar-refractivity contribution in [1.29, 1.82) is 0 Å². The summed E-state index contributed by atoms with van der Waals surface area (Å²) in [7, 11) is 0. The lowest BCUT2D eigenvalue weighted by Gasteiger charge is -2.25. The van der Waals surface area contributed by atoms with Gasteiger partial charge in [-0.05, 0) is 18.8 Å². The summed E-state index contributed by atoms with van der Waals surface area (Å²) in [4.78, 5) is 47.0. The van der Waals surface area contributed by atoms with Gasteiger partial charge >= 0.3 is 5.97 Å². The SMILES string of the molecule is CCC(C)C(NC(=O)CCCCCCCCCO)C(=O)NC(CC(=O)O)C(N)=O. The normalized spacial score (nSPS) is 13.9. The number of aliphatic hydroxyl groups excluding tert-OH is 1. The summed E-state index contributed by atoms with van der Waals surface area (Å²) in [6.45, 7) is 3.89. The van der Waals surface area contributed by atoms with Gasteiger partial charge in [0.05, 0.1) is 6.42 Å². The highest BCUT2D eigenvalue weighted by Gasteiger charge is 2.29. The van der Waals surface area contributed by atoms with Crippen LogP contribution in [-0.4, -0.2) is 52.6 Å². The van der Waals surface area contributed by atoms with Crippen LogP contribution in [0.15, 0.2) is 0 Å². The maximum absolute atomic E-state index is 12.5. The molecule has 9 nitrogen and oxygen atoms in total. The van der Waals surface area contributed by atoms with Gasteiger partial charge in [0.1, 0.15) is 12.1 Å². The van der Waals surface area contributed by atoms with Gasteiger partial charge in [0.2, 0.25) is 17.7 Å². The van der Waals surface area contributed by atoms with Crippen molar-refractivity contribution < 1.29 is 29.4 Å². The van der Waals surface area contributed by atoms with Crippen molar-refractivity contribution in [3.05, 3.63) is 0 Å². The average Bonchev–Trinajstić information content (AvgIpc) is 2.66. The molecule has 0 spiro atoms. The lowest BCUT2D eigenvalue weighted by Crippen LogP contribution is -2.55. The highest BCUT2D eigenvalue weighted by atomic mass is 16.4. The number of carboxylic acid groups (broad SMARTS) is 1. The molecule has 6 N–H and O–H groups in total. The molecule has 3 amide bonds. The van der Waals surface area contributed by atoms with Crippen LogP contribution in [0.25, 0.3) is 0 Å². The van der Waals surface area contributed by atoms with Crippen LogP contribution in [0.4, 0.5) is 0 Å². The second kappa shape index (κ2) is 15.7. The number of unbranched alkanes of at least 4 members (excludes halogenated alkanes) is 6. The first-order chi connectivity index (χ1) is 13.7. The molecule has 29 heavy (non-hydrogen) atoms. The molecule has 0 aliphatic rings. The molecule has 0 saturated carbocycles. The zero-order valence-corrected chi connectivity index (χ0v) is 17.6. The number of aliphatic hydroxyl groups is 1. The van der Waals surface area contributed by atoms with Crippen LogP contribution in [0.1, 0.15) is 78.1 Å². The van der Waals surface area contributed by atoms with E-state index in [0.29, 0.717) is 19.3 Å². The van der Waals surface area contributed by atoms with E-state index in [1.54, 1.807) is 6.92 Å². The lowest BCUT2D eigenvalue weighted by molar-refractivity contribution is -0.140. The summed E-state index contributed by atoms with van der Waals surface area (Å²) in [6, 6.07) is -2.18. The molecule has 0 heterocycles. The van der Waals surface area contributed by atoms with Gasteiger partial charge in [0.15, 0.2) is 0 Å². The van der Waals surface area contributed by atoms with E-state index in [9.17, 15) is 19.2 Å². The number of amides is 3. The summed E-state index contributed by atoms with van der Waals surface area (Å²) in [5.74, 6) is -3.24. The van der Waals surface area contributed by atoms with Gasteiger partial charge < -0.3 is 26.6 Å². The third kappa shape index (κ3) is 12.8. The molecular formula is C20H37N3O6. The fourth-order valence-corrected chi connectivity index (χ4v) is 2.89. The van der Waals surface area contributed by atoms with Crippen LogP contribution in [0.5, 0.6) is 0 Å². The van der Waals surface area contributed by atoms with E-state index in [2.05, 4.69) is 10.6 Å². The molecular weight excluding hydrogens is 378 g/mol. The Labute approximate surface area is 172 Å². The molecule has 0 saturated heterocycles. The summed E-state index contributed by atoms with van der Waals surface area (Å²) < 4.78 is 0. The number of carboxylic acids is 1. The Hall–Kier alpha value is -2.16. The first-order valence-corrected chi connectivity index (χ1v) is 10.4. The first kappa shape index (κ1) is 26.8. The van der Waals surface area contributed by atoms with E-state index in [-0.39, 0.29) is 18.4 Å². The number of aliphatic carboxylic acids is 1. The van der Waals surface area contributed by atoms with E-state index in [1.807, 2.05) is 6.92 Å². The maximum Gasteiger partial charge on any atom is 0.305 e. The van der Waals surface area contributed by atoms with Gasteiger partial charge in [0, 0.05) is 13.0 Å². The molecule has 0 aliphatic heterocycles. The number of rotatable bonds is 17. The Balaban J connectivity index is 4.51. The molecule has 0 aromatic carbocycles. The van der Waals surface area contributed by atoms with Gasteiger partial charge in [-0.15, -0.1) is 0 Å². The van der Waals surface area contributed by atoms with Crippen molar-refractivity contribution in [1.82, 2.24) is 10.6 Å². The fourth-order valence-electron chi connectivity index (χ4n) is 2.89. The largest absolute Gasteiger partial charge is 0.481 e. The van der Waals surface area contributed by atoms with Crippen LogP contribution in [-0.2, 0) is 19.2 Å². The predicted octanol–water partition coefficient (Wildman–Crippen LogP) is 1.08. The molecule has 0 radical (unpaired) electrons. The van der Waals surface area contributed by atoms with Gasteiger partial charge in [-0.25, -0.2) is 0 Å². The number of carbonyl (C=O) groups excluding carboxylic acids is 3. The molecule has 9 heteroatoms. The monoisotopic (exact) mass is 415 g/mol. The van der Waals surface area contributed by atoms with Crippen LogP contribution in [0, 0.1) is 5.92 Å². The van der Waals surface area contributed by atoms with E-state index in [0.717, 1.165) is 38.5 Å². The van der Waals surface area contributed by atoms with E-state index in [4.69, 9.17) is 15.9 Å². The Morgan fingerprint density at radius 1 is 0.931 bits per heavy atom. The maximum atomic E-state index is 12.5.